The number of benzene rings is 1. The Balaban J connectivity index is 1.30. The number of anilines is 2. The van der Waals surface area contributed by atoms with Crippen molar-refractivity contribution in [3.8, 4) is 11.8 Å². The van der Waals surface area contributed by atoms with E-state index in [1.807, 2.05) is 32.0 Å². The molecule has 1 aliphatic carbocycles. The van der Waals surface area contributed by atoms with Crippen LogP contribution in [-0.4, -0.2) is 44.1 Å². The molecule has 9 nitrogen and oxygen atoms in total. The molecule has 2 aromatic heterocycles. The molecule has 1 saturated carbocycles. The lowest BCUT2D eigenvalue weighted by molar-refractivity contribution is 0.357. The Bertz CT molecular complexity index is 1020. The number of ether oxygens (including phenoxy) is 1. The first-order valence-electron chi connectivity index (χ1n) is 10.3. The van der Waals surface area contributed by atoms with Gasteiger partial charge in [0.05, 0.1) is 0 Å². The standard InChI is InChI=1S/C20H24ClN7O2/c1-3-28-19(30-16-6-4-5-15(21)9-16)23-18(26-28)22-17-13-7-8-14(17)11-27(10-13)20-25-24-12(2)29-20/h4-6,9,13-14,17H,3,7-8,10-11H2,1-2H3,(H,22,26). The second-order valence-corrected chi connectivity index (χ2v) is 8.31. The average Bonchev–Trinajstić information content (AvgIpc) is 3.38. The lowest BCUT2D eigenvalue weighted by atomic mass is 9.92. The van der Waals surface area contributed by atoms with Gasteiger partial charge in [0, 0.05) is 37.6 Å². The number of piperidine rings is 1. The van der Waals surface area contributed by atoms with Crippen molar-refractivity contribution in [2.24, 2.45) is 11.8 Å². The minimum absolute atomic E-state index is 0.317. The van der Waals surface area contributed by atoms with Crippen LogP contribution in [0.15, 0.2) is 28.7 Å². The molecule has 158 valence electrons. The fourth-order valence-corrected chi connectivity index (χ4v) is 4.66. The van der Waals surface area contributed by atoms with Crippen molar-refractivity contribution in [1.82, 2.24) is 25.0 Å². The van der Waals surface area contributed by atoms with Gasteiger partial charge >= 0.3 is 12.0 Å². The van der Waals surface area contributed by atoms with E-state index >= 15 is 0 Å². The van der Waals surface area contributed by atoms with E-state index in [1.54, 1.807) is 10.7 Å². The molecule has 2 atom stereocenters. The third-order valence-electron chi connectivity index (χ3n) is 5.86. The molecule has 30 heavy (non-hydrogen) atoms. The third-order valence-corrected chi connectivity index (χ3v) is 6.09. The second kappa shape index (κ2) is 7.79. The van der Waals surface area contributed by atoms with Gasteiger partial charge in [-0.3, -0.25) is 0 Å². The lowest BCUT2D eigenvalue weighted by Gasteiger charge is -2.37. The highest BCUT2D eigenvalue weighted by atomic mass is 35.5. The van der Waals surface area contributed by atoms with E-state index in [0.717, 1.165) is 25.9 Å². The third kappa shape index (κ3) is 3.69. The molecule has 2 fully saturated rings. The van der Waals surface area contributed by atoms with Crippen molar-refractivity contribution in [3.63, 3.8) is 0 Å². The van der Waals surface area contributed by atoms with Gasteiger partial charge in [-0.05, 0) is 49.8 Å². The molecule has 2 bridgehead atoms. The van der Waals surface area contributed by atoms with Crippen LogP contribution in [0.4, 0.5) is 12.0 Å². The maximum absolute atomic E-state index is 6.06. The molecular formula is C20H24ClN7O2. The molecule has 2 aliphatic rings. The number of fused-ring (bicyclic) bond motifs is 2. The number of nitrogens with one attached hydrogen (secondary N) is 1. The Morgan fingerprint density at radius 2 is 2.03 bits per heavy atom. The lowest BCUT2D eigenvalue weighted by Crippen LogP contribution is -2.48. The summed E-state index contributed by atoms with van der Waals surface area (Å²) in [4.78, 5) is 6.80. The number of rotatable bonds is 6. The number of hydrogen-bond acceptors (Lipinski definition) is 8. The van der Waals surface area contributed by atoms with Gasteiger partial charge in [-0.1, -0.05) is 22.8 Å². The Hall–Kier alpha value is -2.81. The molecule has 1 N–H and O–H groups in total. The zero-order chi connectivity index (χ0) is 20.7. The molecule has 10 heteroatoms. The van der Waals surface area contributed by atoms with Crippen LogP contribution in [0.2, 0.25) is 5.02 Å². The monoisotopic (exact) mass is 429 g/mol. The van der Waals surface area contributed by atoms with Crippen LogP contribution in [0.5, 0.6) is 11.8 Å². The molecular weight excluding hydrogens is 406 g/mol. The smallest absolute Gasteiger partial charge is 0.322 e. The molecule has 1 aliphatic heterocycles. The van der Waals surface area contributed by atoms with Gasteiger partial charge in [0.15, 0.2) is 0 Å². The number of hydrogen-bond donors (Lipinski definition) is 1. The highest BCUT2D eigenvalue weighted by Gasteiger charge is 2.43. The zero-order valence-electron chi connectivity index (χ0n) is 17.0. The summed E-state index contributed by atoms with van der Waals surface area (Å²) >= 11 is 6.06. The Morgan fingerprint density at radius 3 is 2.70 bits per heavy atom. The van der Waals surface area contributed by atoms with Gasteiger partial charge in [0.25, 0.3) is 0 Å². The van der Waals surface area contributed by atoms with Gasteiger partial charge in [0.1, 0.15) is 5.75 Å². The van der Waals surface area contributed by atoms with Crippen LogP contribution < -0.4 is 15.0 Å². The van der Waals surface area contributed by atoms with E-state index in [4.69, 9.17) is 20.8 Å². The van der Waals surface area contributed by atoms with Crippen LogP contribution in [-0.2, 0) is 6.54 Å². The molecule has 1 saturated heterocycles. The van der Waals surface area contributed by atoms with Crippen LogP contribution in [0.25, 0.3) is 0 Å². The summed E-state index contributed by atoms with van der Waals surface area (Å²) in [6.45, 7) is 6.26. The van der Waals surface area contributed by atoms with Crippen molar-refractivity contribution in [2.45, 2.75) is 39.3 Å². The highest BCUT2D eigenvalue weighted by Crippen LogP contribution is 2.40. The maximum atomic E-state index is 6.06. The predicted octanol–water partition coefficient (Wildman–Crippen LogP) is 3.76. The summed E-state index contributed by atoms with van der Waals surface area (Å²) < 4.78 is 13.3. The van der Waals surface area contributed by atoms with Crippen molar-refractivity contribution in [1.29, 1.82) is 0 Å². The minimum Gasteiger partial charge on any atom is -0.424 e. The summed E-state index contributed by atoms with van der Waals surface area (Å²) in [5.74, 6) is 2.78. The molecule has 1 aromatic carbocycles. The molecule has 5 rings (SSSR count). The first kappa shape index (κ1) is 19.2. The molecule has 0 radical (unpaired) electrons. The van der Waals surface area contributed by atoms with Crippen molar-refractivity contribution in [2.75, 3.05) is 23.3 Å². The second-order valence-electron chi connectivity index (χ2n) is 7.87. The molecule has 0 spiro atoms. The molecule has 3 heterocycles. The van der Waals surface area contributed by atoms with Gasteiger partial charge in [0.2, 0.25) is 11.8 Å². The quantitative estimate of drug-likeness (QED) is 0.632. The first-order chi connectivity index (χ1) is 14.6. The summed E-state index contributed by atoms with van der Waals surface area (Å²) in [5.41, 5.74) is 0. The van der Waals surface area contributed by atoms with E-state index in [-0.39, 0.29) is 0 Å². The molecule has 3 aromatic rings. The highest BCUT2D eigenvalue weighted by molar-refractivity contribution is 6.30. The summed E-state index contributed by atoms with van der Waals surface area (Å²) in [6.07, 6.45) is 2.32. The molecule has 2 unspecified atom stereocenters. The predicted molar refractivity (Wildman–Crippen MR) is 112 cm³/mol. The van der Waals surface area contributed by atoms with Crippen LogP contribution in [0.1, 0.15) is 25.7 Å². The SMILES string of the molecule is CCn1nc(NC2C3CCC2CN(c2nnc(C)o2)C3)nc1Oc1cccc(Cl)c1. The number of aryl methyl sites for hydroxylation is 2. The van der Waals surface area contributed by atoms with E-state index < -0.39 is 0 Å². The fourth-order valence-electron chi connectivity index (χ4n) is 4.48. The topological polar surface area (TPSA) is 94.1 Å². The van der Waals surface area contributed by atoms with E-state index in [1.165, 1.54) is 0 Å². The zero-order valence-corrected chi connectivity index (χ0v) is 17.7. The Labute approximate surface area is 179 Å². The summed E-state index contributed by atoms with van der Waals surface area (Å²) in [5, 5.41) is 16.9. The fraction of sp³-hybridized carbons (Fsp3) is 0.500. The van der Waals surface area contributed by atoms with E-state index in [9.17, 15) is 0 Å². The summed E-state index contributed by atoms with van der Waals surface area (Å²) in [6, 6.07) is 8.66. The van der Waals surface area contributed by atoms with Crippen molar-refractivity contribution < 1.29 is 9.15 Å². The van der Waals surface area contributed by atoms with Crippen molar-refractivity contribution >= 4 is 23.6 Å². The van der Waals surface area contributed by atoms with Gasteiger partial charge in [-0.25, -0.2) is 4.68 Å². The van der Waals surface area contributed by atoms with Crippen LogP contribution in [0.3, 0.4) is 0 Å². The van der Waals surface area contributed by atoms with Crippen molar-refractivity contribution in [3.05, 3.63) is 35.2 Å². The Kier molecular flexibility index (Phi) is 4.98. The Morgan fingerprint density at radius 1 is 1.23 bits per heavy atom. The normalized spacial score (nSPS) is 23.0. The number of halogens is 1. The number of nitrogens with zero attached hydrogens (tertiary/aromatic N) is 6. The van der Waals surface area contributed by atoms with Gasteiger partial charge in [-0.2, -0.15) is 4.98 Å². The van der Waals surface area contributed by atoms with Gasteiger partial charge < -0.3 is 19.4 Å². The summed E-state index contributed by atoms with van der Waals surface area (Å²) in [7, 11) is 0. The average molecular weight is 430 g/mol. The van der Waals surface area contributed by atoms with Gasteiger partial charge in [-0.15, -0.1) is 10.2 Å². The van der Waals surface area contributed by atoms with E-state index in [0.29, 0.717) is 59.1 Å². The van der Waals surface area contributed by atoms with Crippen LogP contribution in [0, 0.1) is 18.8 Å². The van der Waals surface area contributed by atoms with Crippen LogP contribution >= 0.6 is 11.6 Å². The first-order valence-corrected chi connectivity index (χ1v) is 10.7. The van der Waals surface area contributed by atoms with E-state index in [2.05, 4.69) is 30.5 Å². The largest absolute Gasteiger partial charge is 0.424 e. The maximum Gasteiger partial charge on any atom is 0.322 e. The number of aromatic nitrogens is 5. The molecule has 0 amide bonds. The minimum atomic E-state index is 0.317.